The summed E-state index contributed by atoms with van der Waals surface area (Å²) in [6.07, 6.45) is 10.7. The number of carbonyl (C=O) groups excluding carboxylic acids is 1. The van der Waals surface area contributed by atoms with Gasteiger partial charge >= 0.3 is 0 Å². The van der Waals surface area contributed by atoms with E-state index in [2.05, 4.69) is 33.4 Å². The number of fused-ring (bicyclic) bond motifs is 2. The van der Waals surface area contributed by atoms with Crippen molar-refractivity contribution >= 4 is 34.9 Å². The molecule has 0 radical (unpaired) electrons. The zero-order valence-electron chi connectivity index (χ0n) is 19.4. The minimum Gasteiger partial charge on any atom is -0.369 e. The van der Waals surface area contributed by atoms with Gasteiger partial charge in [0.15, 0.2) is 0 Å². The van der Waals surface area contributed by atoms with E-state index in [1.807, 2.05) is 12.1 Å². The molecule has 1 atom stereocenters. The van der Waals surface area contributed by atoms with Crippen molar-refractivity contribution in [1.29, 1.82) is 0 Å². The van der Waals surface area contributed by atoms with Gasteiger partial charge in [-0.25, -0.2) is 0 Å². The molecule has 2 aliphatic carbocycles. The van der Waals surface area contributed by atoms with E-state index in [0.717, 1.165) is 61.8 Å². The highest BCUT2D eigenvalue weighted by atomic mass is 35.5. The van der Waals surface area contributed by atoms with Crippen molar-refractivity contribution in [2.24, 2.45) is 5.73 Å². The van der Waals surface area contributed by atoms with Crippen molar-refractivity contribution in [3.05, 3.63) is 53.5 Å². The lowest BCUT2D eigenvalue weighted by atomic mass is 9.97. The van der Waals surface area contributed by atoms with Crippen molar-refractivity contribution < 1.29 is 4.79 Å². The van der Waals surface area contributed by atoms with Crippen molar-refractivity contribution in [2.45, 2.75) is 63.5 Å². The molecule has 2 fully saturated rings. The van der Waals surface area contributed by atoms with E-state index in [4.69, 9.17) is 10.7 Å². The molecule has 1 unspecified atom stereocenters. The fraction of sp³-hybridized carbons (Fsp3) is 0.444. The summed E-state index contributed by atoms with van der Waals surface area (Å²) in [6.45, 7) is 1.90. The Kier molecular flexibility index (Phi) is 6.45. The molecule has 1 aliphatic heterocycles. The van der Waals surface area contributed by atoms with E-state index in [9.17, 15) is 4.79 Å². The molecule has 0 bridgehead atoms. The van der Waals surface area contributed by atoms with Crippen LogP contribution in [0.2, 0.25) is 0 Å². The number of benzene rings is 1. The second kappa shape index (κ2) is 9.51. The van der Waals surface area contributed by atoms with Crippen LogP contribution < -0.4 is 16.0 Å². The number of nitrogens with two attached hydrogens (primary N) is 1. The summed E-state index contributed by atoms with van der Waals surface area (Å²) in [5.41, 5.74) is 14.0. The Morgan fingerprint density at radius 2 is 1.85 bits per heavy atom. The monoisotopic (exact) mass is 477 g/mol. The van der Waals surface area contributed by atoms with Gasteiger partial charge in [0.1, 0.15) is 5.69 Å². The average molecular weight is 478 g/mol. The number of nitrogens with zero attached hydrogens (tertiary/aromatic N) is 3. The number of pyridine rings is 2. The molecule has 1 saturated carbocycles. The molecule has 0 spiro atoms. The Labute approximate surface area is 206 Å². The molecule has 6 nitrogen and oxygen atoms in total. The molecular weight excluding hydrogens is 446 g/mol. The molecule has 3 aromatic rings. The summed E-state index contributed by atoms with van der Waals surface area (Å²) in [5.74, 6) is -0.0844. The number of anilines is 1. The molecule has 7 heteroatoms. The molecule has 1 amide bonds. The number of aryl methyl sites for hydroxylation is 1. The predicted molar refractivity (Wildman–Crippen MR) is 139 cm³/mol. The second-order valence-corrected chi connectivity index (χ2v) is 9.85. The van der Waals surface area contributed by atoms with E-state index in [-0.39, 0.29) is 24.4 Å². The number of nitrogens with one attached hydrogen (secondary N) is 1. The topological polar surface area (TPSA) is 84.1 Å². The quantitative estimate of drug-likeness (QED) is 0.543. The van der Waals surface area contributed by atoms with Gasteiger partial charge in [-0.15, -0.1) is 12.4 Å². The summed E-state index contributed by atoms with van der Waals surface area (Å²) < 4.78 is 0. The lowest BCUT2D eigenvalue weighted by Gasteiger charge is -2.25. The van der Waals surface area contributed by atoms with Gasteiger partial charge in [-0.05, 0) is 85.9 Å². The van der Waals surface area contributed by atoms with E-state index in [0.29, 0.717) is 11.7 Å². The smallest absolute Gasteiger partial charge is 0.270 e. The van der Waals surface area contributed by atoms with E-state index >= 15 is 0 Å². The van der Waals surface area contributed by atoms with Crippen LogP contribution in [0, 0.1) is 0 Å². The average Bonchev–Trinajstić information content (AvgIpc) is 3.59. The van der Waals surface area contributed by atoms with E-state index in [1.54, 1.807) is 6.20 Å². The highest BCUT2D eigenvalue weighted by molar-refractivity contribution is 5.98. The first kappa shape index (κ1) is 23.1. The molecule has 34 heavy (non-hydrogen) atoms. The zero-order chi connectivity index (χ0) is 22.4. The maximum Gasteiger partial charge on any atom is 0.270 e. The van der Waals surface area contributed by atoms with Gasteiger partial charge in [0, 0.05) is 42.5 Å². The minimum absolute atomic E-state index is 0. The third kappa shape index (κ3) is 4.49. The zero-order valence-corrected chi connectivity index (χ0v) is 20.2. The number of hydrogen-bond acceptors (Lipinski definition) is 5. The fourth-order valence-electron chi connectivity index (χ4n) is 5.33. The van der Waals surface area contributed by atoms with Crippen LogP contribution in [-0.2, 0) is 12.8 Å². The number of aromatic nitrogens is 2. The number of carbonyl (C=O) groups is 1. The van der Waals surface area contributed by atoms with Gasteiger partial charge in [0.25, 0.3) is 5.91 Å². The summed E-state index contributed by atoms with van der Waals surface area (Å²) in [7, 11) is 0. The summed E-state index contributed by atoms with van der Waals surface area (Å²) >= 11 is 0. The highest BCUT2D eigenvalue weighted by Gasteiger charge is 2.27. The van der Waals surface area contributed by atoms with Crippen LogP contribution in [-0.4, -0.2) is 41.0 Å². The van der Waals surface area contributed by atoms with E-state index in [1.165, 1.54) is 41.6 Å². The SMILES string of the molecule is Cl.NC1CCN(c2c3c(nc4ccc(-c5ccnc(C(=O)NC6CC6)c5)cc24)CCCCC3)C1. The maximum atomic E-state index is 12.5. The lowest BCUT2D eigenvalue weighted by Crippen LogP contribution is -2.27. The first-order chi connectivity index (χ1) is 16.2. The molecular formula is C27H32ClN5O. The van der Waals surface area contributed by atoms with Gasteiger partial charge in [-0.2, -0.15) is 0 Å². The minimum atomic E-state index is -0.0844. The Bertz CT molecular complexity index is 1230. The van der Waals surface area contributed by atoms with Gasteiger partial charge in [0.05, 0.1) is 11.2 Å². The second-order valence-electron chi connectivity index (χ2n) is 9.85. The molecule has 3 heterocycles. The Balaban J connectivity index is 0.00000241. The van der Waals surface area contributed by atoms with Crippen LogP contribution >= 0.6 is 12.4 Å². The number of rotatable bonds is 4. The Morgan fingerprint density at radius 3 is 2.65 bits per heavy atom. The van der Waals surface area contributed by atoms with Crippen LogP contribution in [0.15, 0.2) is 36.5 Å². The maximum absolute atomic E-state index is 12.5. The number of hydrogen-bond donors (Lipinski definition) is 2. The lowest BCUT2D eigenvalue weighted by molar-refractivity contribution is 0.0946. The standard InChI is InChI=1S/C27H31N5O.ClH/c28-19-11-13-32(16-19)26-21-4-2-1-3-5-23(21)31-24-9-6-17(14-22(24)26)18-10-12-29-25(15-18)27(33)30-20-7-8-20;/h6,9-10,12,14-15,19-20H,1-5,7-8,11,13,16,28H2,(H,30,33);1H. The molecule has 6 rings (SSSR count). The van der Waals surface area contributed by atoms with Crippen molar-refractivity contribution in [2.75, 3.05) is 18.0 Å². The third-order valence-electron chi connectivity index (χ3n) is 7.26. The normalized spacial score (nSPS) is 19.9. The number of halogens is 1. The van der Waals surface area contributed by atoms with Crippen molar-refractivity contribution in [1.82, 2.24) is 15.3 Å². The summed E-state index contributed by atoms with van der Waals surface area (Å²) in [6, 6.07) is 10.9. The fourth-order valence-corrected chi connectivity index (χ4v) is 5.33. The van der Waals surface area contributed by atoms with Crippen molar-refractivity contribution in [3.8, 4) is 11.1 Å². The van der Waals surface area contributed by atoms with Crippen molar-refractivity contribution in [3.63, 3.8) is 0 Å². The van der Waals surface area contributed by atoms with Gasteiger partial charge < -0.3 is 16.0 Å². The number of amides is 1. The predicted octanol–water partition coefficient (Wildman–Crippen LogP) is 4.42. The molecule has 1 saturated heterocycles. The van der Waals surface area contributed by atoms with E-state index < -0.39 is 0 Å². The first-order valence-corrected chi connectivity index (χ1v) is 12.4. The van der Waals surface area contributed by atoms with Crippen LogP contribution in [0.25, 0.3) is 22.0 Å². The molecule has 178 valence electrons. The van der Waals surface area contributed by atoms with Gasteiger partial charge in [0.2, 0.25) is 0 Å². The van der Waals surface area contributed by atoms with Crippen LogP contribution in [0.5, 0.6) is 0 Å². The molecule has 1 aromatic carbocycles. The Morgan fingerprint density at radius 1 is 1.03 bits per heavy atom. The van der Waals surface area contributed by atoms with Crippen LogP contribution in [0.4, 0.5) is 5.69 Å². The summed E-state index contributed by atoms with van der Waals surface area (Å²) in [4.78, 5) is 24.5. The summed E-state index contributed by atoms with van der Waals surface area (Å²) in [5, 5.41) is 4.24. The van der Waals surface area contributed by atoms with Gasteiger partial charge in [-0.3, -0.25) is 14.8 Å². The van der Waals surface area contributed by atoms with Gasteiger partial charge in [-0.1, -0.05) is 12.5 Å². The molecule has 3 aliphatic rings. The molecule has 2 aromatic heterocycles. The molecule has 3 N–H and O–H groups in total. The first-order valence-electron chi connectivity index (χ1n) is 12.4. The third-order valence-corrected chi connectivity index (χ3v) is 7.26. The highest BCUT2D eigenvalue weighted by Crippen LogP contribution is 2.38. The van der Waals surface area contributed by atoms with Crippen LogP contribution in [0.3, 0.4) is 0 Å². The largest absolute Gasteiger partial charge is 0.369 e. The van der Waals surface area contributed by atoms with Crippen LogP contribution in [0.1, 0.15) is 60.3 Å². The Hall–Kier alpha value is -2.70.